The lowest BCUT2D eigenvalue weighted by Crippen LogP contribution is -2.18. The van der Waals surface area contributed by atoms with Crippen LogP contribution in [0.25, 0.3) is 10.7 Å². The normalized spacial score (nSPS) is 16.3. The van der Waals surface area contributed by atoms with Crippen LogP contribution in [0.2, 0.25) is 0 Å². The Bertz CT molecular complexity index is 979. The standard InChI is InChI=1S/C22H26N4O2S2/c1-15(2)17-8-3-4-9-18(17)23-20(27)14-30-22-25-24-21(19-10-6-12-29-19)26(22)13-16-7-5-11-28-16/h3-4,6,8-10,12,15-16H,5,7,11,13-14H2,1-2H3,(H,23,27)/t16-/m0/s1. The second-order valence-electron chi connectivity index (χ2n) is 7.61. The lowest BCUT2D eigenvalue weighted by Gasteiger charge is -2.15. The summed E-state index contributed by atoms with van der Waals surface area (Å²) in [5.41, 5.74) is 2.01. The van der Waals surface area contributed by atoms with Crippen LogP contribution in [0.15, 0.2) is 46.9 Å². The van der Waals surface area contributed by atoms with Crippen molar-refractivity contribution >= 4 is 34.7 Å². The largest absolute Gasteiger partial charge is 0.376 e. The highest BCUT2D eigenvalue weighted by atomic mass is 32.2. The number of anilines is 1. The Kier molecular flexibility index (Phi) is 6.86. The van der Waals surface area contributed by atoms with Gasteiger partial charge in [-0.3, -0.25) is 9.36 Å². The van der Waals surface area contributed by atoms with Gasteiger partial charge in [0.15, 0.2) is 11.0 Å². The lowest BCUT2D eigenvalue weighted by atomic mass is 10.0. The Labute approximate surface area is 185 Å². The summed E-state index contributed by atoms with van der Waals surface area (Å²) in [6.45, 7) is 5.76. The molecular weight excluding hydrogens is 416 g/mol. The number of nitrogens with zero attached hydrogens (tertiary/aromatic N) is 3. The molecule has 1 aliphatic heterocycles. The number of para-hydroxylation sites is 1. The quantitative estimate of drug-likeness (QED) is 0.495. The number of aromatic nitrogens is 3. The molecule has 6 nitrogen and oxygen atoms in total. The number of nitrogens with one attached hydrogen (secondary N) is 1. The molecule has 1 aliphatic rings. The van der Waals surface area contributed by atoms with Gasteiger partial charge in [0.2, 0.25) is 5.91 Å². The van der Waals surface area contributed by atoms with E-state index >= 15 is 0 Å². The number of thioether (sulfide) groups is 1. The van der Waals surface area contributed by atoms with E-state index in [1.54, 1.807) is 11.3 Å². The minimum absolute atomic E-state index is 0.0440. The van der Waals surface area contributed by atoms with E-state index in [0.717, 1.165) is 46.6 Å². The minimum Gasteiger partial charge on any atom is -0.376 e. The molecule has 1 N–H and O–H groups in total. The molecule has 0 unspecified atom stereocenters. The Morgan fingerprint density at radius 2 is 2.17 bits per heavy atom. The number of carbonyl (C=O) groups excluding carboxylic acids is 1. The number of thiophene rings is 1. The molecule has 3 aromatic rings. The Balaban J connectivity index is 1.47. The van der Waals surface area contributed by atoms with Gasteiger partial charge in [0.1, 0.15) is 0 Å². The molecule has 8 heteroatoms. The monoisotopic (exact) mass is 442 g/mol. The summed E-state index contributed by atoms with van der Waals surface area (Å²) in [5, 5.41) is 14.6. The molecule has 0 aliphatic carbocycles. The van der Waals surface area contributed by atoms with Crippen LogP contribution in [-0.2, 0) is 16.1 Å². The van der Waals surface area contributed by atoms with Crippen molar-refractivity contribution in [3.8, 4) is 10.7 Å². The summed E-state index contributed by atoms with van der Waals surface area (Å²) < 4.78 is 7.93. The van der Waals surface area contributed by atoms with Gasteiger partial charge in [-0.05, 0) is 41.8 Å². The molecular formula is C22H26N4O2S2. The van der Waals surface area contributed by atoms with Gasteiger partial charge in [-0.2, -0.15) is 0 Å². The lowest BCUT2D eigenvalue weighted by molar-refractivity contribution is -0.113. The van der Waals surface area contributed by atoms with Crippen LogP contribution < -0.4 is 5.32 Å². The number of hydrogen-bond donors (Lipinski definition) is 1. The van der Waals surface area contributed by atoms with Crippen LogP contribution in [-0.4, -0.2) is 39.1 Å². The fourth-order valence-electron chi connectivity index (χ4n) is 3.57. The number of benzene rings is 1. The van der Waals surface area contributed by atoms with Gasteiger partial charge in [-0.15, -0.1) is 21.5 Å². The summed E-state index contributed by atoms with van der Waals surface area (Å²) in [5.74, 6) is 1.42. The molecule has 0 spiro atoms. The van der Waals surface area contributed by atoms with Crippen molar-refractivity contribution in [3.05, 3.63) is 47.3 Å². The Hall–Kier alpha value is -2.16. The van der Waals surface area contributed by atoms with Crippen molar-refractivity contribution in [3.63, 3.8) is 0 Å². The van der Waals surface area contributed by atoms with Gasteiger partial charge < -0.3 is 10.1 Å². The molecule has 3 heterocycles. The van der Waals surface area contributed by atoms with Gasteiger partial charge in [0, 0.05) is 12.3 Å². The number of amides is 1. The zero-order chi connectivity index (χ0) is 20.9. The average Bonchev–Trinajstić information content (AvgIpc) is 3.49. The molecule has 2 aromatic heterocycles. The number of hydrogen-bond acceptors (Lipinski definition) is 6. The predicted octanol–water partition coefficient (Wildman–Crippen LogP) is 5.04. The predicted molar refractivity (Wildman–Crippen MR) is 122 cm³/mol. The third-order valence-electron chi connectivity index (χ3n) is 5.06. The van der Waals surface area contributed by atoms with E-state index in [2.05, 4.69) is 40.0 Å². The second kappa shape index (κ2) is 9.76. The number of ether oxygens (including phenoxy) is 1. The molecule has 30 heavy (non-hydrogen) atoms. The zero-order valence-corrected chi connectivity index (χ0v) is 18.8. The third-order valence-corrected chi connectivity index (χ3v) is 6.89. The minimum atomic E-state index is -0.0440. The summed E-state index contributed by atoms with van der Waals surface area (Å²) in [6.07, 6.45) is 2.30. The number of rotatable bonds is 8. The van der Waals surface area contributed by atoms with E-state index in [9.17, 15) is 4.79 Å². The first-order valence-electron chi connectivity index (χ1n) is 10.2. The van der Waals surface area contributed by atoms with E-state index in [1.807, 2.05) is 35.7 Å². The summed E-state index contributed by atoms with van der Waals surface area (Å²) >= 11 is 3.06. The maximum Gasteiger partial charge on any atom is 0.234 e. The molecule has 0 bridgehead atoms. The van der Waals surface area contributed by atoms with Crippen molar-refractivity contribution in [2.75, 3.05) is 17.7 Å². The maximum absolute atomic E-state index is 12.6. The van der Waals surface area contributed by atoms with Crippen LogP contribution >= 0.6 is 23.1 Å². The Morgan fingerprint density at radius 3 is 2.90 bits per heavy atom. The second-order valence-corrected chi connectivity index (χ2v) is 9.50. The highest BCUT2D eigenvalue weighted by molar-refractivity contribution is 7.99. The van der Waals surface area contributed by atoms with E-state index in [1.165, 1.54) is 11.8 Å². The first kappa shape index (κ1) is 21.1. The van der Waals surface area contributed by atoms with Crippen molar-refractivity contribution in [2.24, 2.45) is 0 Å². The molecule has 1 amide bonds. The topological polar surface area (TPSA) is 69.0 Å². The molecule has 1 saturated heterocycles. The summed E-state index contributed by atoms with van der Waals surface area (Å²) in [7, 11) is 0. The highest BCUT2D eigenvalue weighted by Crippen LogP contribution is 2.29. The molecule has 158 valence electrons. The van der Waals surface area contributed by atoms with Crippen molar-refractivity contribution < 1.29 is 9.53 Å². The molecule has 0 radical (unpaired) electrons. The van der Waals surface area contributed by atoms with Crippen LogP contribution in [0.1, 0.15) is 38.2 Å². The fourth-order valence-corrected chi connectivity index (χ4v) is 5.04. The average molecular weight is 443 g/mol. The van der Waals surface area contributed by atoms with E-state index in [0.29, 0.717) is 12.5 Å². The maximum atomic E-state index is 12.6. The first-order chi connectivity index (χ1) is 14.6. The number of carbonyl (C=O) groups is 1. The Morgan fingerprint density at radius 1 is 1.30 bits per heavy atom. The van der Waals surface area contributed by atoms with Crippen LogP contribution in [0.4, 0.5) is 5.69 Å². The van der Waals surface area contributed by atoms with Gasteiger partial charge in [0.25, 0.3) is 0 Å². The molecule has 1 fully saturated rings. The van der Waals surface area contributed by atoms with Crippen molar-refractivity contribution in [1.29, 1.82) is 0 Å². The SMILES string of the molecule is CC(C)c1ccccc1NC(=O)CSc1nnc(-c2cccs2)n1C[C@@H]1CCCO1. The first-order valence-corrected chi connectivity index (χ1v) is 12.1. The summed E-state index contributed by atoms with van der Waals surface area (Å²) in [6, 6.07) is 12.0. The molecule has 0 saturated carbocycles. The van der Waals surface area contributed by atoms with Gasteiger partial charge >= 0.3 is 0 Å². The van der Waals surface area contributed by atoms with E-state index in [4.69, 9.17) is 4.74 Å². The van der Waals surface area contributed by atoms with Crippen LogP contribution in [0, 0.1) is 0 Å². The van der Waals surface area contributed by atoms with E-state index < -0.39 is 0 Å². The molecule has 1 aromatic carbocycles. The van der Waals surface area contributed by atoms with Gasteiger partial charge in [-0.25, -0.2) is 0 Å². The highest BCUT2D eigenvalue weighted by Gasteiger charge is 2.22. The van der Waals surface area contributed by atoms with Crippen molar-refractivity contribution in [1.82, 2.24) is 14.8 Å². The van der Waals surface area contributed by atoms with Crippen LogP contribution in [0.3, 0.4) is 0 Å². The fraction of sp³-hybridized carbons (Fsp3) is 0.409. The van der Waals surface area contributed by atoms with Gasteiger partial charge in [-0.1, -0.05) is 49.9 Å². The van der Waals surface area contributed by atoms with Crippen LogP contribution in [0.5, 0.6) is 0 Å². The summed E-state index contributed by atoms with van der Waals surface area (Å²) in [4.78, 5) is 13.7. The van der Waals surface area contributed by atoms with Crippen molar-refractivity contribution in [2.45, 2.75) is 50.4 Å². The van der Waals surface area contributed by atoms with E-state index in [-0.39, 0.29) is 17.8 Å². The zero-order valence-electron chi connectivity index (χ0n) is 17.2. The third kappa shape index (κ3) is 4.94. The smallest absolute Gasteiger partial charge is 0.234 e. The molecule has 1 atom stereocenters. The van der Waals surface area contributed by atoms with Gasteiger partial charge in [0.05, 0.1) is 23.3 Å². The molecule has 4 rings (SSSR count).